The fourth-order valence-electron chi connectivity index (χ4n) is 0.748. The molecule has 0 saturated heterocycles. The third-order valence-electron chi connectivity index (χ3n) is 1.32. The van der Waals surface area contributed by atoms with E-state index in [1.54, 1.807) is 6.21 Å². The molecular formula is C10H8INO. The van der Waals surface area contributed by atoms with Gasteiger partial charge >= 0.3 is 0 Å². The van der Waals surface area contributed by atoms with Gasteiger partial charge in [-0.15, -0.1) is 6.42 Å². The van der Waals surface area contributed by atoms with Crippen LogP contribution in [0.3, 0.4) is 0 Å². The third kappa shape index (κ3) is 3.47. The molecule has 0 heterocycles. The first-order chi connectivity index (χ1) is 6.34. The van der Waals surface area contributed by atoms with Gasteiger partial charge in [0.05, 0.1) is 6.21 Å². The highest BCUT2D eigenvalue weighted by Crippen LogP contribution is 2.08. The molecule has 0 saturated carbocycles. The molecule has 0 aliphatic rings. The first-order valence-electron chi connectivity index (χ1n) is 3.68. The number of nitrogens with zero attached hydrogens (tertiary/aromatic N) is 1. The van der Waals surface area contributed by atoms with E-state index in [0.29, 0.717) is 0 Å². The number of halogens is 1. The Kier molecular flexibility index (Phi) is 4.33. The quantitative estimate of drug-likeness (QED) is 0.274. The Morgan fingerprint density at radius 3 is 3.00 bits per heavy atom. The summed E-state index contributed by atoms with van der Waals surface area (Å²) < 4.78 is 1.13. The Bertz CT molecular complexity index is 341. The van der Waals surface area contributed by atoms with Gasteiger partial charge in [-0.25, -0.2) is 0 Å². The molecule has 0 fully saturated rings. The zero-order valence-corrected chi connectivity index (χ0v) is 9.06. The van der Waals surface area contributed by atoms with Gasteiger partial charge in [-0.2, -0.15) is 0 Å². The second kappa shape index (κ2) is 5.60. The van der Waals surface area contributed by atoms with E-state index in [4.69, 9.17) is 11.3 Å². The largest absolute Gasteiger partial charge is 0.383 e. The lowest BCUT2D eigenvalue weighted by molar-refractivity contribution is 0.181. The van der Waals surface area contributed by atoms with E-state index in [0.717, 1.165) is 9.13 Å². The average Bonchev–Trinajstić information content (AvgIpc) is 2.15. The molecule has 0 atom stereocenters. The molecule has 0 aliphatic carbocycles. The molecule has 0 aromatic heterocycles. The van der Waals surface area contributed by atoms with Crippen molar-refractivity contribution in [3.63, 3.8) is 0 Å². The molecular weight excluding hydrogens is 277 g/mol. The van der Waals surface area contributed by atoms with Crippen molar-refractivity contribution in [2.45, 2.75) is 0 Å². The van der Waals surface area contributed by atoms with Crippen LogP contribution < -0.4 is 0 Å². The number of hydrogen-bond donors (Lipinski definition) is 0. The first-order valence-corrected chi connectivity index (χ1v) is 4.76. The van der Waals surface area contributed by atoms with Crippen LogP contribution in [0.1, 0.15) is 5.56 Å². The summed E-state index contributed by atoms with van der Waals surface area (Å²) in [7, 11) is 0. The minimum atomic E-state index is 0.208. The molecule has 13 heavy (non-hydrogen) atoms. The lowest BCUT2D eigenvalue weighted by Crippen LogP contribution is -1.88. The summed E-state index contributed by atoms with van der Waals surface area (Å²) in [6.45, 7) is 0.208. The number of terminal acetylenes is 1. The minimum Gasteiger partial charge on any atom is -0.383 e. The van der Waals surface area contributed by atoms with Crippen molar-refractivity contribution in [3.8, 4) is 12.3 Å². The molecule has 1 rings (SSSR count). The minimum absolute atomic E-state index is 0.208. The van der Waals surface area contributed by atoms with Crippen LogP contribution in [-0.2, 0) is 4.84 Å². The third-order valence-corrected chi connectivity index (χ3v) is 2.30. The summed E-state index contributed by atoms with van der Waals surface area (Å²) in [5.41, 5.74) is 1.03. The topological polar surface area (TPSA) is 21.6 Å². The molecule has 3 heteroatoms. The maximum absolute atomic E-state index is 4.99. The lowest BCUT2D eigenvalue weighted by Gasteiger charge is -1.95. The van der Waals surface area contributed by atoms with Crippen LogP contribution in [-0.4, -0.2) is 12.8 Å². The fraction of sp³-hybridized carbons (Fsp3) is 0.100. The molecule has 1 aromatic rings. The van der Waals surface area contributed by atoms with Gasteiger partial charge in [-0.3, -0.25) is 0 Å². The molecule has 0 N–H and O–H groups in total. The highest BCUT2D eigenvalue weighted by molar-refractivity contribution is 14.1. The predicted molar refractivity (Wildman–Crippen MR) is 61.5 cm³/mol. The van der Waals surface area contributed by atoms with Crippen molar-refractivity contribution in [3.05, 3.63) is 33.4 Å². The normalized spacial score (nSPS) is 9.85. The zero-order valence-electron chi connectivity index (χ0n) is 6.90. The summed E-state index contributed by atoms with van der Waals surface area (Å²) in [6.07, 6.45) is 6.64. The summed E-state index contributed by atoms with van der Waals surface area (Å²) in [6, 6.07) is 7.89. The number of rotatable bonds is 3. The summed E-state index contributed by atoms with van der Waals surface area (Å²) in [5.74, 6) is 2.33. The molecule has 0 aliphatic heterocycles. The van der Waals surface area contributed by atoms with Gasteiger partial charge in [0.25, 0.3) is 0 Å². The maximum Gasteiger partial charge on any atom is 0.177 e. The maximum atomic E-state index is 4.99. The second-order valence-corrected chi connectivity index (χ2v) is 3.40. The highest BCUT2D eigenvalue weighted by Gasteiger charge is 1.92. The molecule has 0 amide bonds. The van der Waals surface area contributed by atoms with Crippen LogP contribution in [0.2, 0.25) is 0 Å². The van der Waals surface area contributed by atoms with E-state index in [-0.39, 0.29) is 6.61 Å². The van der Waals surface area contributed by atoms with Crippen LogP contribution in [0.15, 0.2) is 29.4 Å². The van der Waals surface area contributed by atoms with Crippen molar-refractivity contribution < 1.29 is 4.84 Å². The first kappa shape index (κ1) is 10.1. The smallest absolute Gasteiger partial charge is 0.177 e. The van der Waals surface area contributed by atoms with Crippen LogP contribution >= 0.6 is 22.6 Å². The molecule has 0 bridgehead atoms. The van der Waals surface area contributed by atoms with Crippen LogP contribution in [0, 0.1) is 15.9 Å². The average molecular weight is 285 g/mol. The molecule has 0 radical (unpaired) electrons. The van der Waals surface area contributed by atoms with Crippen LogP contribution in [0.25, 0.3) is 0 Å². The lowest BCUT2D eigenvalue weighted by atomic mass is 10.2. The van der Waals surface area contributed by atoms with Crippen molar-refractivity contribution in [1.29, 1.82) is 0 Å². The summed E-state index contributed by atoms with van der Waals surface area (Å²) >= 11 is 2.23. The van der Waals surface area contributed by atoms with Gasteiger partial charge in [0, 0.05) is 9.13 Å². The van der Waals surface area contributed by atoms with Gasteiger partial charge in [0.15, 0.2) is 6.61 Å². The van der Waals surface area contributed by atoms with E-state index in [9.17, 15) is 0 Å². The van der Waals surface area contributed by atoms with Gasteiger partial charge < -0.3 is 4.84 Å². The molecule has 0 spiro atoms. The Labute approximate surface area is 91.1 Å². The van der Waals surface area contributed by atoms with Crippen molar-refractivity contribution in [2.24, 2.45) is 5.16 Å². The summed E-state index contributed by atoms with van der Waals surface area (Å²) in [4.78, 5) is 4.77. The van der Waals surface area contributed by atoms with Crippen molar-refractivity contribution in [1.82, 2.24) is 0 Å². The van der Waals surface area contributed by atoms with Crippen molar-refractivity contribution in [2.75, 3.05) is 6.61 Å². The monoisotopic (exact) mass is 285 g/mol. The second-order valence-electron chi connectivity index (χ2n) is 2.23. The zero-order chi connectivity index (χ0) is 9.52. The van der Waals surface area contributed by atoms with Gasteiger partial charge in [-0.05, 0) is 28.7 Å². The molecule has 2 nitrogen and oxygen atoms in total. The van der Waals surface area contributed by atoms with Gasteiger partial charge in [0.2, 0.25) is 0 Å². The Morgan fingerprint density at radius 2 is 2.31 bits per heavy atom. The van der Waals surface area contributed by atoms with E-state index in [2.05, 4.69) is 33.7 Å². The summed E-state index contributed by atoms with van der Waals surface area (Å²) in [5, 5.41) is 3.72. The fourth-order valence-corrected chi connectivity index (χ4v) is 1.28. The van der Waals surface area contributed by atoms with Gasteiger partial charge in [0.1, 0.15) is 0 Å². The SMILES string of the molecule is C#CCO/N=C/c1ccccc1I. The predicted octanol–water partition coefficient (Wildman–Crippen LogP) is 2.27. The van der Waals surface area contributed by atoms with E-state index in [1.165, 1.54) is 0 Å². The Morgan fingerprint density at radius 1 is 1.54 bits per heavy atom. The molecule has 0 unspecified atom stereocenters. The molecule has 1 aromatic carbocycles. The van der Waals surface area contributed by atoms with Crippen molar-refractivity contribution >= 4 is 28.8 Å². The van der Waals surface area contributed by atoms with E-state index in [1.807, 2.05) is 24.3 Å². The van der Waals surface area contributed by atoms with Crippen LogP contribution in [0.4, 0.5) is 0 Å². The van der Waals surface area contributed by atoms with Gasteiger partial charge in [-0.1, -0.05) is 29.3 Å². The number of hydrogen-bond acceptors (Lipinski definition) is 2. The highest BCUT2D eigenvalue weighted by atomic mass is 127. The van der Waals surface area contributed by atoms with E-state index >= 15 is 0 Å². The number of benzene rings is 1. The Balaban J connectivity index is 2.59. The van der Waals surface area contributed by atoms with Crippen LogP contribution in [0.5, 0.6) is 0 Å². The standard InChI is InChI=1S/C10H8INO/c1-2-7-13-12-8-9-5-3-4-6-10(9)11/h1,3-6,8H,7H2/b12-8+. The Hall–Kier alpha value is -1.02. The number of oxime groups is 1. The van der Waals surface area contributed by atoms with E-state index < -0.39 is 0 Å². The molecule has 66 valence electrons.